The van der Waals surface area contributed by atoms with Crippen LogP contribution in [-0.2, 0) is 9.53 Å². The lowest BCUT2D eigenvalue weighted by Gasteiger charge is -2.24. The Morgan fingerprint density at radius 1 is 1.50 bits per heavy atom. The topological polar surface area (TPSA) is 50.4 Å². The van der Waals surface area contributed by atoms with Crippen molar-refractivity contribution in [3.8, 4) is 0 Å². The van der Waals surface area contributed by atoms with Crippen LogP contribution in [0.3, 0.4) is 0 Å². The molecule has 0 bridgehead atoms. The lowest BCUT2D eigenvalue weighted by Crippen LogP contribution is -2.51. The molecule has 1 aromatic carbocycles. The monoisotopic (exact) mass is 316 g/mol. The third-order valence-electron chi connectivity index (χ3n) is 3.31. The van der Waals surface area contributed by atoms with Gasteiger partial charge < -0.3 is 15.4 Å². The van der Waals surface area contributed by atoms with Crippen molar-refractivity contribution in [3.05, 3.63) is 33.8 Å². The summed E-state index contributed by atoms with van der Waals surface area (Å²) < 4.78 is 5.27. The Morgan fingerprint density at radius 2 is 2.20 bits per heavy atom. The number of hydrogen-bond donors (Lipinski definition) is 2. The molecule has 0 spiro atoms. The average molecular weight is 317 g/mol. The maximum atomic E-state index is 12.0. The van der Waals surface area contributed by atoms with Crippen molar-refractivity contribution in [2.45, 2.75) is 18.9 Å². The number of carbonyl (C=O) groups excluding carboxylic acids is 1. The van der Waals surface area contributed by atoms with Crippen LogP contribution >= 0.6 is 23.2 Å². The van der Waals surface area contributed by atoms with Gasteiger partial charge in [0.25, 0.3) is 0 Å². The lowest BCUT2D eigenvalue weighted by atomic mass is 10.0. The number of halogens is 2. The van der Waals surface area contributed by atoms with Gasteiger partial charge in [0, 0.05) is 29.1 Å². The largest absolute Gasteiger partial charge is 0.378 e. The number of nitrogens with one attached hydrogen (secondary N) is 2. The molecule has 0 aliphatic carbocycles. The first-order valence-corrected chi connectivity index (χ1v) is 7.38. The normalized spacial score (nSPS) is 20.4. The number of amides is 1. The first-order chi connectivity index (χ1) is 9.59. The molecule has 0 unspecified atom stereocenters. The van der Waals surface area contributed by atoms with Gasteiger partial charge in [0.05, 0.1) is 13.2 Å². The van der Waals surface area contributed by atoms with Gasteiger partial charge in [-0.15, -0.1) is 0 Å². The van der Waals surface area contributed by atoms with E-state index in [4.69, 9.17) is 27.9 Å². The minimum Gasteiger partial charge on any atom is -0.378 e. The van der Waals surface area contributed by atoms with Gasteiger partial charge in [0.1, 0.15) is 6.04 Å². The Kier molecular flexibility index (Phi) is 5.66. The fraction of sp³-hybridized carbons (Fsp3) is 0.500. The van der Waals surface area contributed by atoms with Gasteiger partial charge in [-0.2, -0.15) is 0 Å². The Morgan fingerprint density at radius 3 is 2.80 bits per heavy atom. The number of morpholine rings is 1. The van der Waals surface area contributed by atoms with Gasteiger partial charge in [0.2, 0.25) is 5.91 Å². The van der Waals surface area contributed by atoms with Crippen molar-refractivity contribution < 1.29 is 9.53 Å². The third-order valence-corrected chi connectivity index (χ3v) is 3.97. The van der Waals surface area contributed by atoms with E-state index in [9.17, 15) is 4.79 Å². The molecular formula is C14H18Cl2N2O2. The number of benzene rings is 1. The second-order valence-electron chi connectivity index (χ2n) is 4.86. The van der Waals surface area contributed by atoms with Crippen molar-refractivity contribution >= 4 is 29.1 Å². The smallest absolute Gasteiger partial charge is 0.239 e. The lowest BCUT2D eigenvalue weighted by molar-refractivity contribution is -0.125. The quantitative estimate of drug-likeness (QED) is 0.895. The third kappa shape index (κ3) is 3.85. The Balaban J connectivity index is 1.91. The van der Waals surface area contributed by atoms with E-state index in [0.717, 1.165) is 5.56 Å². The molecule has 0 saturated carbocycles. The SMILES string of the molecule is C[C@H](CNC(=O)[C@@H]1COCCN1)c1c(Cl)cccc1Cl. The van der Waals surface area contributed by atoms with E-state index in [2.05, 4.69) is 10.6 Å². The molecule has 2 N–H and O–H groups in total. The van der Waals surface area contributed by atoms with E-state index in [0.29, 0.717) is 36.3 Å². The van der Waals surface area contributed by atoms with E-state index in [1.165, 1.54) is 0 Å². The summed E-state index contributed by atoms with van der Waals surface area (Å²) in [5.74, 6) is -0.00983. The molecule has 6 heteroatoms. The Bertz CT molecular complexity index is 456. The highest BCUT2D eigenvalue weighted by Gasteiger charge is 2.22. The van der Waals surface area contributed by atoms with Crippen LogP contribution in [0, 0.1) is 0 Å². The number of ether oxygens (including phenoxy) is 1. The molecule has 20 heavy (non-hydrogen) atoms. The summed E-state index contributed by atoms with van der Waals surface area (Å²) in [5, 5.41) is 7.27. The first kappa shape index (κ1) is 15.6. The van der Waals surface area contributed by atoms with E-state index in [1.54, 1.807) is 12.1 Å². The minimum absolute atomic E-state index is 0.0460. The number of hydrogen-bond acceptors (Lipinski definition) is 3. The second-order valence-corrected chi connectivity index (χ2v) is 5.68. The van der Waals surface area contributed by atoms with Crippen LogP contribution in [0.5, 0.6) is 0 Å². The Labute approximate surface area is 128 Å². The zero-order chi connectivity index (χ0) is 14.5. The molecule has 110 valence electrons. The molecule has 1 aliphatic rings. The molecule has 1 saturated heterocycles. The van der Waals surface area contributed by atoms with Gasteiger partial charge in [-0.25, -0.2) is 0 Å². The summed E-state index contributed by atoms with van der Waals surface area (Å²) >= 11 is 12.3. The van der Waals surface area contributed by atoms with E-state index < -0.39 is 0 Å². The molecule has 2 rings (SSSR count). The van der Waals surface area contributed by atoms with Gasteiger partial charge in [-0.05, 0) is 17.7 Å². The number of rotatable bonds is 4. The van der Waals surface area contributed by atoms with Crippen LogP contribution in [0.4, 0.5) is 0 Å². The van der Waals surface area contributed by atoms with E-state index >= 15 is 0 Å². The predicted molar refractivity (Wildman–Crippen MR) is 80.5 cm³/mol. The average Bonchev–Trinajstić information content (AvgIpc) is 2.45. The van der Waals surface area contributed by atoms with Gasteiger partial charge >= 0.3 is 0 Å². The summed E-state index contributed by atoms with van der Waals surface area (Å²) in [4.78, 5) is 12.0. The molecule has 1 aliphatic heterocycles. The highest BCUT2D eigenvalue weighted by Crippen LogP contribution is 2.30. The molecule has 1 amide bonds. The van der Waals surface area contributed by atoms with Crippen molar-refractivity contribution in [3.63, 3.8) is 0 Å². The maximum absolute atomic E-state index is 12.0. The molecular weight excluding hydrogens is 299 g/mol. The van der Waals surface area contributed by atoms with Crippen LogP contribution in [0.1, 0.15) is 18.4 Å². The zero-order valence-corrected chi connectivity index (χ0v) is 12.8. The summed E-state index contributed by atoms with van der Waals surface area (Å²) in [7, 11) is 0. The van der Waals surface area contributed by atoms with Gasteiger partial charge in [-0.1, -0.05) is 36.2 Å². The van der Waals surface area contributed by atoms with Gasteiger partial charge in [-0.3, -0.25) is 4.79 Å². The van der Waals surface area contributed by atoms with Crippen molar-refractivity contribution in [2.24, 2.45) is 0 Å². The zero-order valence-electron chi connectivity index (χ0n) is 11.3. The van der Waals surface area contributed by atoms with Gasteiger partial charge in [0.15, 0.2) is 0 Å². The molecule has 0 aromatic heterocycles. The van der Waals surface area contributed by atoms with E-state index in [-0.39, 0.29) is 17.9 Å². The van der Waals surface area contributed by atoms with Crippen molar-refractivity contribution in [1.82, 2.24) is 10.6 Å². The van der Waals surface area contributed by atoms with Crippen LogP contribution in [0.2, 0.25) is 10.0 Å². The van der Waals surface area contributed by atoms with Crippen molar-refractivity contribution in [1.29, 1.82) is 0 Å². The summed E-state index contributed by atoms with van der Waals surface area (Å²) in [5.41, 5.74) is 0.865. The molecule has 4 nitrogen and oxygen atoms in total. The predicted octanol–water partition coefficient (Wildman–Crippen LogP) is 2.20. The fourth-order valence-corrected chi connectivity index (χ4v) is 2.96. The fourth-order valence-electron chi connectivity index (χ4n) is 2.19. The standard InChI is InChI=1S/C14H18Cl2N2O2/c1-9(13-10(15)3-2-4-11(13)16)7-18-14(19)12-8-20-6-5-17-12/h2-4,9,12,17H,5-8H2,1H3,(H,18,19)/t9-,12+/m1/s1. The highest BCUT2D eigenvalue weighted by atomic mass is 35.5. The molecule has 0 radical (unpaired) electrons. The van der Waals surface area contributed by atoms with Crippen LogP contribution in [0.15, 0.2) is 18.2 Å². The second kappa shape index (κ2) is 7.27. The van der Waals surface area contributed by atoms with Crippen LogP contribution in [-0.4, -0.2) is 38.3 Å². The molecule has 1 heterocycles. The summed E-state index contributed by atoms with van der Waals surface area (Å²) in [6.45, 7) is 4.23. The molecule has 2 atom stereocenters. The summed E-state index contributed by atoms with van der Waals surface area (Å²) in [6, 6.07) is 5.13. The molecule has 1 fully saturated rings. The van der Waals surface area contributed by atoms with E-state index in [1.807, 2.05) is 13.0 Å². The van der Waals surface area contributed by atoms with Crippen LogP contribution in [0.25, 0.3) is 0 Å². The minimum atomic E-state index is -0.280. The highest BCUT2D eigenvalue weighted by molar-refractivity contribution is 6.36. The maximum Gasteiger partial charge on any atom is 0.239 e. The Hall–Kier alpha value is -0.810. The molecule has 1 aromatic rings. The number of carbonyl (C=O) groups is 1. The van der Waals surface area contributed by atoms with Crippen LogP contribution < -0.4 is 10.6 Å². The summed E-state index contributed by atoms with van der Waals surface area (Å²) in [6.07, 6.45) is 0. The first-order valence-electron chi connectivity index (χ1n) is 6.62. The van der Waals surface area contributed by atoms with Crippen molar-refractivity contribution in [2.75, 3.05) is 26.3 Å².